The second-order valence-electron chi connectivity index (χ2n) is 3.09. The smallest absolute Gasteiger partial charge is 0.271 e. The van der Waals surface area contributed by atoms with Crippen LogP contribution in [0.4, 0.5) is 5.69 Å². The summed E-state index contributed by atoms with van der Waals surface area (Å²) in [6, 6.07) is 3.17. The molecule has 9 heteroatoms. The van der Waals surface area contributed by atoms with E-state index in [1.165, 1.54) is 0 Å². The predicted molar refractivity (Wildman–Crippen MR) is 65.2 cm³/mol. The first kappa shape index (κ1) is 14.4. The van der Waals surface area contributed by atoms with Gasteiger partial charge in [0.1, 0.15) is 0 Å². The summed E-state index contributed by atoms with van der Waals surface area (Å²) in [4.78, 5) is 9.55. The van der Waals surface area contributed by atoms with E-state index in [0.717, 1.165) is 18.2 Å². The minimum atomic E-state index is -4.05. The van der Waals surface area contributed by atoms with E-state index in [1.807, 2.05) is 0 Å². The Morgan fingerprint density at radius 1 is 1.44 bits per heavy atom. The third-order valence-corrected chi connectivity index (χ3v) is 3.14. The summed E-state index contributed by atoms with van der Waals surface area (Å²) in [5, 5.41) is 10.6. The van der Waals surface area contributed by atoms with Crippen molar-refractivity contribution >= 4 is 25.4 Å². The fraction of sp³-hybridized carbons (Fsp3) is 0.111. The van der Waals surface area contributed by atoms with E-state index in [2.05, 4.69) is 17.3 Å². The number of nitro groups is 1. The highest BCUT2D eigenvalue weighted by molar-refractivity contribution is 8.13. The summed E-state index contributed by atoms with van der Waals surface area (Å²) < 4.78 is 22.3. The number of benzene rings is 1. The number of non-ortho nitro benzene ring substituents is 1. The first-order chi connectivity index (χ1) is 8.34. The van der Waals surface area contributed by atoms with Gasteiger partial charge in [-0.15, -0.1) is 0 Å². The lowest BCUT2D eigenvalue weighted by molar-refractivity contribution is -0.385. The number of hydrogen-bond donors (Lipinski definition) is 2. The van der Waals surface area contributed by atoms with Gasteiger partial charge in [0.05, 0.1) is 16.4 Å². The lowest BCUT2D eigenvalue weighted by Gasteiger charge is -1.98. The molecule has 0 heterocycles. The Morgan fingerprint density at radius 3 is 2.61 bits per heavy atom. The number of nitrogens with two attached hydrogens (primary N) is 1. The van der Waals surface area contributed by atoms with Crippen LogP contribution < -0.4 is 11.3 Å². The fourth-order valence-electron chi connectivity index (χ4n) is 1.10. The average molecular weight is 290 g/mol. The maximum atomic E-state index is 11.2. The summed E-state index contributed by atoms with van der Waals surface area (Å²) in [6.07, 6.45) is 0. The van der Waals surface area contributed by atoms with Gasteiger partial charge in [0.25, 0.3) is 14.7 Å². The first-order valence-electron chi connectivity index (χ1n) is 4.51. The predicted octanol–water partition coefficient (Wildman–Crippen LogP) is 0.337. The molecule has 0 atom stereocenters. The van der Waals surface area contributed by atoms with Crippen molar-refractivity contribution in [3.63, 3.8) is 0 Å². The molecule has 18 heavy (non-hydrogen) atoms. The van der Waals surface area contributed by atoms with Gasteiger partial charge < -0.3 is 0 Å². The maximum Gasteiger partial charge on any atom is 0.272 e. The van der Waals surface area contributed by atoms with Crippen LogP contribution in [0.15, 0.2) is 23.1 Å². The number of halogens is 1. The molecular weight excluding hydrogens is 282 g/mol. The van der Waals surface area contributed by atoms with Crippen LogP contribution in [-0.2, 0) is 9.05 Å². The van der Waals surface area contributed by atoms with E-state index in [1.54, 1.807) is 0 Å². The zero-order chi connectivity index (χ0) is 13.8. The van der Waals surface area contributed by atoms with Gasteiger partial charge >= 0.3 is 0 Å². The molecule has 96 valence electrons. The van der Waals surface area contributed by atoms with Crippen molar-refractivity contribution < 1.29 is 13.3 Å². The maximum absolute atomic E-state index is 11.2. The van der Waals surface area contributed by atoms with Gasteiger partial charge in [0.2, 0.25) is 0 Å². The summed E-state index contributed by atoms with van der Waals surface area (Å²) in [5.74, 6) is 10.1. The largest absolute Gasteiger partial charge is 0.272 e. The van der Waals surface area contributed by atoms with Crippen molar-refractivity contribution in [2.24, 2.45) is 5.84 Å². The molecule has 0 aromatic heterocycles. The Hall–Kier alpha value is -1.66. The molecule has 3 N–H and O–H groups in total. The first-order valence-corrected chi connectivity index (χ1v) is 6.82. The minimum Gasteiger partial charge on any atom is -0.271 e. The number of nitrogens with zero attached hydrogens (tertiary/aromatic N) is 1. The second kappa shape index (κ2) is 5.79. The molecule has 1 aromatic carbocycles. The molecule has 0 aliphatic carbocycles. The van der Waals surface area contributed by atoms with Crippen molar-refractivity contribution in [2.45, 2.75) is 4.90 Å². The summed E-state index contributed by atoms with van der Waals surface area (Å²) in [6.45, 7) is 0.158. The van der Waals surface area contributed by atoms with E-state index in [9.17, 15) is 18.5 Å². The number of hydrazine groups is 1. The third-order valence-electron chi connectivity index (χ3n) is 1.81. The summed E-state index contributed by atoms with van der Waals surface area (Å²) in [7, 11) is 1.09. The zero-order valence-electron chi connectivity index (χ0n) is 8.88. The quantitative estimate of drug-likeness (QED) is 0.272. The van der Waals surface area contributed by atoms with Crippen LogP contribution in [0.5, 0.6) is 0 Å². The van der Waals surface area contributed by atoms with Crippen molar-refractivity contribution in [1.29, 1.82) is 0 Å². The number of rotatable bonds is 3. The van der Waals surface area contributed by atoms with Gasteiger partial charge in [-0.1, -0.05) is 11.8 Å². The van der Waals surface area contributed by atoms with Gasteiger partial charge in [0, 0.05) is 28.4 Å². The highest BCUT2D eigenvalue weighted by Crippen LogP contribution is 2.22. The molecule has 0 bridgehead atoms. The fourth-order valence-corrected chi connectivity index (χ4v) is 1.90. The number of nitrogens with one attached hydrogen (secondary N) is 1. The Bertz CT molecular complexity index is 633. The average Bonchev–Trinajstić information content (AvgIpc) is 2.28. The molecule has 1 rings (SSSR count). The molecular formula is C9H8ClN3O4S. The Labute approximate surface area is 107 Å². The van der Waals surface area contributed by atoms with Crippen LogP contribution in [-0.4, -0.2) is 19.9 Å². The Kier molecular flexibility index (Phi) is 4.63. The van der Waals surface area contributed by atoms with Crippen molar-refractivity contribution in [3.05, 3.63) is 33.9 Å². The molecule has 0 radical (unpaired) electrons. The van der Waals surface area contributed by atoms with Crippen LogP contribution >= 0.6 is 10.7 Å². The highest BCUT2D eigenvalue weighted by Gasteiger charge is 2.16. The van der Waals surface area contributed by atoms with E-state index in [0.29, 0.717) is 0 Å². The standard InChI is InChI=1S/C9H8ClN3O4S/c10-18(16,17)9-5-7(2-1-3-12-11)4-8(6-9)13(14)15/h4-6,12H,3,11H2. The molecule has 0 aliphatic rings. The molecule has 0 fully saturated rings. The van der Waals surface area contributed by atoms with Gasteiger partial charge in [-0.25, -0.2) is 13.8 Å². The summed E-state index contributed by atoms with van der Waals surface area (Å²) >= 11 is 0. The summed E-state index contributed by atoms with van der Waals surface area (Å²) in [5.41, 5.74) is 2.03. The molecule has 0 spiro atoms. The van der Waals surface area contributed by atoms with Crippen LogP contribution in [0.25, 0.3) is 0 Å². The number of hydrogen-bond acceptors (Lipinski definition) is 6. The minimum absolute atomic E-state index is 0.158. The molecule has 0 amide bonds. The van der Waals surface area contributed by atoms with Crippen molar-refractivity contribution in [2.75, 3.05) is 6.54 Å². The SMILES string of the molecule is NNCC#Cc1cc([N+](=O)[O-])cc(S(=O)(=O)Cl)c1. The lowest BCUT2D eigenvalue weighted by Crippen LogP contribution is -2.21. The zero-order valence-corrected chi connectivity index (χ0v) is 10.5. The van der Waals surface area contributed by atoms with Gasteiger partial charge in [-0.3, -0.25) is 16.0 Å². The molecule has 0 saturated heterocycles. The van der Waals surface area contributed by atoms with Gasteiger partial charge in [-0.05, 0) is 6.07 Å². The van der Waals surface area contributed by atoms with Crippen molar-refractivity contribution in [1.82, 2.24) is 5.43 Å². The van der Waals surface area contributed by atoms with E-state index in [4.69, 9.17) is 16.5 Å². The second-order valence-corrected chi connectivity index (χ2v) is 5.66. The molecule has 1 aromatic rings. The Morgan fingerprint density at radius 2 is 2.11 bits per heavy atom. The number of nitro benzene ring substituents is 1. The molecule has 0 unspecified atom stereocenters. The molecule has 7 nitrogen and oxygen atoms in total. The highest BCUT2D eigenvalue weighted by atomic mass is 35.7. The van der Waals surface area contributed by atoms with Crippen LogP contribution in [0.2, 0.25) is 0 Å². The van der Waals surface area contributed by atoms with E-state index >= 15 is 0 Å². The van der Waals surface area contributed by atoms with E-state index in [-0.39, 0.29) is 17.0 Å². The van der Waals surface area contributed by atoms with Crippen LogP contribution in [0.3, 0.4) is 0 Å². The van der Waals surface area contributed by atoms with Crippen molar-refractivity contribution in [3.8, 4) is 11.8 Å². The monoisotopic (exact) mass is 289 g/mol. The normalized spacial score (nSPS) is 10.6. The van der Waals surface area contributed by atoms with Crippen LogP contribution in [0, 0.1) is 22.0 Å². The third kappa shape index (κ3) is 3.97. The van der Waals surface area contributed by atoms with Gasteiger partial charge in [-0.2, -0.15) is 0 Å². The Balaban J connectivity index is 3.33. The molecule has 0 aliphatic heterocycles. The van der Waals surface area contributed by atoms with E-state index < -0.39 is 19.7 Å². The van der Waals surface area contributed by atoms with Crippen LogP contribution in [0.1, 0.15) is 5.56 Å². The molecule has 0 saturated carbocycles. The lowest BCUT2D eigenvalue weighted by atomic mass is 10.2. The van der Waals surface area contributed by atoms with Gasteiger partial charge in [0.15, 0.2) is 0 Å². The topological polar surface area (TPSA) is 115 Å².